The van der Waals surface area contributed by atoms with Gasteiger partial charge in [-0.1, -0.05) is 0 Å². The molecule has 0 spiro atoms. The summed E-state index contributed by atoms with van der Waals surface area (Å²) >= 11 is 0. The van der Waals surface area contributed by atoms with Crippen LogP contribution in [-0.2, 0) is 0 Å². The zero-order valence-corrected chi connectivity index (χ0v) is 13.1. The van der Waals surface area contributed by atoms with Crippen LogP contribution in [0.15, 0.2) is 61.2 Å². The van der Waals surface area contributed by atoms with Crippen molar-refractivity contribution in [3.8, 4) is 0 Å². The van der Waals surface area contributed by atoms with Crippen molar-refractivity contribution in [3.63, 3.8) is 0 Å². The molecule has 0 N–H and O–H groups in total. The van der Waals surface area contributed by atoms with E-state index in [0.29, 0.717) is 0 Å². The smallest absolute Gasteiger partial charge is 0.268 e. The Morgan fingerprint density at radius 3 is 1.71 bits per heavy atom. The molecule has 0 saturated heterocycles. The fourth-order valence-electron chi connectivity index (χ4n) is 2.93. The van der Waals surface area contributed by atoms with E-state index in [0.717, 1.165) is 11.3 Å². The number of fused-ring (bicyclic) bond motifs is 2. The van der Waals surface area contributed by atoms with Gasteiger partial charge in [0.05, 0.1) is 0 Å². The highest BCUT2D eigenvalue weighted by Gasteiger charge is 2.29. The van der Waals surface area contributed by atoms with Gasteiger partial charge < -0.3 is 8.47 Å². The predicted molar refractivity (Wildman–Crippen MR) is 87.7 cm³/mol. The first kappa shape index (κ1) is 12.3. The molecule has 0 saturated carbocycles. The second-order valence-electron chi connectivity index (χ2n) is 5.70. The molecule has 5 heteroatoms. The van der Waals surface area contributed by atoms with Crippen LogP contribution in [0.25, 0.3) is 22.1 Å². The average molecular weight is 292 g/mol. The van der Waals surface area contributed by atoms with Gasteiger partial charge in [-0.2, -0.15) is 0 Å². The van der Waals surface area contributed by atoms with E-state index in [4.69, 9.17) is 0 Å². The van der Waals surface area contributed by atoms with Gasteiger partial charge in [-0.05, 0) is 61.9 Å². The minimum absolute atomic E-state index is 1.05. The molecule has 0 aromatic carbocycles. The Morgan fingerprint density at radius 1 is 0.762 bits per heavy atom. The van der Waals surface area contributed by atoms with E-state index in [9.17, 15) is 0 Å². The second kappa shape index (κ2) is 4.29. The third-order valence-electron chi connectivity index (χ3n) is 4.08. The Bertz CT molecular complexity index is 859. The molecule has 21 heavy (non-hydrogen) atoms. The lowest BCUT2D eigenvalue weighted by Crippen LogP contribution is -2.44. The maximum atomic E-state index is 4.56. The number of aromatic nitrogens is 4. The van der Waals surface area contributed by atoms with Gasteiger partial charge in [0.1, 0.15) is 11.3 Å². The topological polar surface area (TPSA) is 35.6 Å². The third-order valence-corrected chi connectivity index (χ3v) is 7.16. The zero-order valence-electron chi connectivity index (χ0n) is 12.1. The quantitative estimate of drug-likeness (QED) is 0.530. The van der Waals surface area contributed by atoms with Gasteiger partial charge in [0.2, 0.25) is 0 Å². The van der Waals surface area contributed by atoms with Crippen molar-refractivity contribution in [1.82, 2.24) is 18.4 Å². The van der Waals surface area contributed by atoms with Crippen molar-refractivity contribution in [2.75, 3.05) is 0 Å². The van der Waals surface area contributed by atoms with Crippen molar-refractivity contribution < 1.29 is 0 Å². The first-order chi connectivity index (χ1) is 10.2. The lowest BCUT2D eigenvalue weighted by Gasteiger charge is -2.27. The molecule has 0 fully saturated rings. The summed E-state index contributed by atoms with van der Waals surface area (Å²) in [7, 11) is -1.97. The maximum absolute atomic E-state index is 4.56. The minimum atomic E-state index is -1.97. The van der Waals surface area contributed by atoms with Crippen LogP contribution >= 0.6 is 0 Å². The van der Waals surface area contributed by atoms with E-state index >= 15 is 0 Å². The Balaban J connectivity index is 1.97. The highest BCUT2D eigenvalue weighted by atomic mass is 28.3. The molecular weight excluding hydrogens is 276 g/mol. The van der Waals surface area contributed by atoms with Crippen LogP contribution < -0.4 is 0 Å². The summed E-state index contributed by atoms with van der Waals surface area (Å²) in [6, 6.07) is 12.4. The molecule has 4 nitrogen and oxygen atoms in total. The molecule has 0 aliphatic rings. The molecule has 0 atom stereocenters. The normalized spacial score (nSPS) is 12.3. The molecule has 0 aliphatic heterocycles. The Morgan fingerprint density at radius 2 is 1.24 bits per heavy atom. The number of hydrogen-bond donors (Lipinski definition) is 0. The minimum Gasteiger partial charge on any atom is -0.341 e. The van der Waals surface area contributed by atoms with Gasteiger partial charge in [0.15, 0.2) is 0 Å². The van der Waals surface area contributed by atoms with Gasteiger partial charge in [0, 0.05) is 23.2 Å². The number of nitrogens with zero attached hydrogens (tertiary/aromatic N) is 4. The second-order valence-corrected chi connectivity index (χ2v) is 9.65. The first-order valence-electron chi connectivity index (χ1n) is 7.03. The van der Waals surface area contributed by atoms with Crippen molar-refractivity contribution in [1.29, 1.82) is 0 Å². The highest BCUT2D eigenvalue weighted by Crippen LogP contribution is 2.23. The van der Waals surface area contributed by atoms with Crippen molar-refractivity contribution >= 4 is 30.5 Å². The molecule has 4 aromatic heterocycles. The fourth-order valence-corrected chi connectivity index (χ4v) is 5.45. The van der Waals surface area contributed by atoms with Crippen LogP contribution in [0.3, 0.4) is 0 Å². The fraction of sp³-hybridized carbons (Fsp3) is 0.125. The van der Waals surface area contributed by atoms with Crippen molar-refractivity contribution in [3.05, 3.63) is 61.2 Å². The maximum Gasteiger partial charge on any atom is 0.268 e. The predicted octanol–water partition coefficient (Wildman–Crippen LogP) is 3.48. The van der Waals surface area contributed by atoms with E-state index in [1.54, 1.807) is 0 Å². The highest BCUT2D eigenvalue weighted by molar-refractivity contribution is 6.75. The molecular formula is C16H16N4Si. The summed E-state index contributed by atoms with van der Waals surface area (Å²) in [5.74, 6) is 0. The van der Waals surface area contributed by atoms with E-state index < -0.39 is 8.40 Å². The molecule has 0 aliphatic carbocycles. The summed E-state index contributed by atoms with van der Waals surface area (Å²) < 4.78 is 4.66. The molecule has 0 bridgehead atoms. The summed E-state index contributed by atoms with van der Waals surface area (Å²) in [6.45, 7) is 4.63. The van der Waals surface area contributed by atoms with Crippen LogP contribution in [0.2, 0.25) is 13.1 Å². The van der Waals surface area contributed by atoms with E-state index in [1.165, 1.54) is 10.8 Å². The Hall–Kier alpha value is -2.40. The van der Waals surface area contributed by atoms with E-state index in [1.807, 2.05) is 24.5 Å². The summed E-state index contributed by atoms with van der Waals surface area (Å²) in [6.07, 6.45) is 8.02. The third kappa shape index (κ3) is 1.74. The average Bonchev–Trinajstić information content (AvgIpc) is 3.12. The molecule has 104 valence electrons. The number of rotatable bonds is 2. The first-order valence-corrected chi connectivity index (χ1v) is 9.92. The number of pyridine rings is 2. The monoisotopic (exact) mass is 292 g/mol. The molecule has 0 radical (unpaired) electrons. The lowest BCUT2D eigenvalue weighted by atomic mass is 10.3. The van der Waals surface area contributed by atoms with Crippen LogP contribution in [0.4, 0.5) is 0 Å². The van der Waals surface area contributed by atoms with Gasteiger partial charge in [-0.15, -0.1) is 0 Å². The van der Waals surface area contributed by atoms with Crippen molar-refractivity contribution in [2.24, 2.45) is 0 Å². The van der Waals surface area contributed by atoms with E-state index in [2.05, 4.69) is 68.2 Å². The van der Waals surface area contributed by atoms with Gasteiger partial charge in [-0.3, -0.25) is 0 Å². The Kier molecular flexibility index (Phi) is 2.52. The summed E-state index contributed by atoms with van der Waals surface area (Å²) in [5.41, 5.74) is 2.10. The van der Waals surface area contributed by atoms with Crippen molar-refractivity contribution in [2.45, 2.75) is 13.1 Å². The number of hydrogen-bond acceptors (Lipinski definition) is 2. The van der Waals surface area contributed by atoms with E-state index in [-0.39, 0.29) is 0 Å². The van der Waals surface area contributed by atoms with Gasteiger partial charge in [0.25, 0.3) is 8.40 Å². The zero-order chi connectivity index (χ0) is 14.4. The van der Waals surface area contributed by atoms with Crippen LogP contribution in [-0.4, -0.2) is 26.8 Å². The summed E-state index contributed by atoms with van der Waals surface area (Å²) in [5, 5.41) is 2.37. The molecule has 4 rings (SSSR count). The molecule has 4 aromatic rings. The molecule has 0 amide bonds. The van der Waals surface area contributed by atoms with Crippen LogP contribution in [0, 0.1) is 0 Å². The van der Waals surface area contributed by atoms with Gasteiger partial charge >= 0.3 is 0 Å². The van der Waals surface area contributed by atoms with Crippen LogP contribution in [0.5, 0.6) is 0 Å². The molecule has 4 heterocycles. The Labute approximate surface area is 123 Å². The molecule has 0 unspecified atom stereocenters. The SMILES string of the molecule is C[Si](C)(n1ccc2cccnc21)n1ccc2cccnc21. The van der Waals surface area contributed by atoms with Gasteiger partial charge in [-0.25, -0.2) is 9.97 Å². The summed E-state index contributed by atoms with van der Waals surface area (Å²) in [4.78, 5) is 9.12. The van der Waals surface area contributed by atoms with Crippen LogP contribution in [0.1, 0.15) is 0 Å². The standard InChI is InChI=1S/C16H16N4Si/c1-21(2,19-11-7-13-5-3-9-17-15(13)19)20-12-8-14-6-4-10-18-16(14)20/h3-12H,1-2H3. The lowest BCUT2D eigenvalue weighted by molar-refractivity contribution is 1.03. The largest absolute Gasteiger partial charge is 0.341 e.